The fraction of sp³-hybridized carbons (Fsp3) is 0.417. The summed E-state index contributed by atoms with van der Waals surface area (Å²) in [5.74, 6) is -1.34. The van der Waals surface area contributed by atoms with E-state index in [9.17, 15) is 23.3 Å². The number of rotatable bonds is 6. The number of nitrogens with zero attached hydrogens (tertiary/aromatic N) is 1. The third-order valence-electron chi connectivity index (χ3n) is 3.07. The first-order valence-electron chi connectivity index (χ1n) is 6.11. The van der Waals surface area contributed by atoms with Crippen LogP contribution in [0.25, 0.3) is 0 Å². The number of carboxylic acids is 1. The maximum Gasteiger partial charge on any atom is 0.321 e. The van der Waals surface area contributed by atoms with Gasteiger partial charge in [-0.1, -0.05) is 6.92 Å². The zero-order chi connectivity index (χ0) is 16.4. The predicted molar refractivity (Wildman–Crippen MR) is 74.6 cm³/mol. The Kier molecular flexibility index (Phi) is 5.02. The number of carboxylic acid groups (broad SMARTS) is 1. The van der Waals surface area contributed by atoms with Crippen LogP contribution in [-0.4, -0.2) is 30.5 Å². The van der Waals surface area contributed by atoms with E-state index in [2.05, 4.69) is 0 Å². The van der Waals surface area contributed by atoms with Crippen LogP contribution in [0.1, 0.15) is 24.5 Å². The summed E-state index contributed by atoms with van der Waals surface area (Å²) < 4.78 is 26.4. The van der Waals surface area contributed by atoms with Crippen LogP contribution in [0.2, 0.25) is 0 Å². The first-order valence-corrected chi connectivity index (χ1v) is 7.59. The molecule has 21 heavy (non-hydrogen) atoms. The summed E-state index contributed by atoms with van der Waals surface area (Å²) in [5.41, 5.74) is 0.557. The zero-order valence-corrected chi connectivity index (χ0v) is 12.6. The van der Waals surface area contributed by atoms with Crippen LogP contribution in [0, 0.1) is 24.0 Å². The molecule has 0 aromatic heterocycles. The summed E-state index contributed by atoms with van der Waals surface area (Å²) in [6, 6.07) is 0.993. The summed E-state index contributed by atoms with van der Waals surface area (Å²) in [4.78, 5) is 20.6. The second kappa shape index (κ2) is 6.19. The molecular formula is C12H16N2O6S. The average molecular weight is 316 g/mol. The molecule has 1 rings (SSSR count). The molecule has 1 atom stereocenters. The van der Waals surface area contributed by atoms with Gasteiger partial charge in [0, 0.05) is 6.07 Å². The Balaban J connectivity index is 3.40. The minimum atomic E-state index is -4.30. The molecule has 0 aliphatic rings. The van der Waals surface area contributed by atoms with E-state index < -0.39 is 37.5 Å². The highest BCUT2D eigenvalue weighted by molar-refractivity contribution is 7.89. The van der Waals surface area contributed by atoms with Crippen molar-refractivity contribution in [3.8, 4) is 0 Å². The molecule has 0 bridgehead atoms. The smallest absolute Gasteiger partial charge is 0.321 e. The molecule has 0 saturated heterocycles. The summed E-state index contributed by atoms with van der Waals surface area (Å²) in [7, 11) is -4.30. The summed E-state index contributed by atoms with van der Waals surface area (Å²) >= 11 is 0. The highest BCUT2D eigenvalue weighted by atomic mass is 32.2. The molecule has 2 N–H and O–H groups in total. The standard InChI is InChI=1S/C12H16N2O6S/c1-4-9(12(15)16)13-21(19,20)11-6-8(3)7(2)5-10(11)14(17)18/h5-6,9,13H,4H2,1-3H3,(H,15,16)/t9-/m1/s1. The van der Waals surface area contributed by atoms with Crippen LogP contribution >= 0.6 is 0 Å². The molecule has 8 nitrogen and oxygen atoms in total. The van der Waals surface area contributed by atoms with Crippen LogP contribution in [0.4, 0.5) is 5.69 Å². The molecular weight excluding hydrogens is 300 g/mol. The van der Waals surface area contributed by atoms with Gasteiger partial charge in [0.25, 0.3) is 5.69 Å². The van der Waals surface area contributed by atoms with Gasteiger partial charge in [0.2, 0.25) is 10.0 Å². The number of nitro groups is 1. The number of nitrogens with one attached hydrogen (secondary N) is 1. The largest absolute Gasteiger partial charge is 0.480 e. The molecule has 0 heterocycles. The molecule has 0 radical (unpaired) electrons. The normalized spacial score (nSPS) is 12.9. The zero-order valence-electron chi connectivity index (χ0n) is 11.8. The Labute approximate surface area is 122 Å². The van der Waals surface area contributed by atoms with E-state index in [-0.39, 0.29) is 6.42 Å². The summed E-state index contributed by atoms with van der Waals surface area (Å²) in [6.45, 7) is 4.74. The van der Waals surface area contributed by atoms with Crippen LogP contribution in [0.3, 0.4) is 0 Å². The van der Waals surface area contributed by atoms with Crippen molar-refractivity contribution in [1.82, 2.24) is 4.72 Å². The van der Waals surface area contributed by atoms with Crippen molar-refractivity contribution >= 4 is 21.7 Å². The highest BCUT2D eigenvalue weighted by Crippen LogP contribution is 2.27. The lowest BCUT2D eigenvalue weighted by atomic mass is 10.1. The number of aliphatic carboxylic acids is 1. The molecule has 116 valence electrons. The van der Waals surface area contributed by atoms with Crippen molar-refractivity contribution in [3.05, 3.63) is 33.4 Å². The second-order valence-corrected chi connectivity index (χ2v) is 6.26. The van der Waals surface area contributed by atoms with Gasteiger partial charge in [-0.3, -0.25) is 14.9 Å². The fourth-order valence-electron chi connectivity index (χ4n) is 1.69. The lowest BCUT2D eigenvalue weighted by Gasteiger charge is -2.14. The Morgan fingerprint density at radius 1 is 1.38 bits per heavy atom. The predicted octanol–water partition coefficient (Wildman–Crippen LogP) is 1.35. The molecule has 0 amide bonds. The Bertz CT molecular complexity index is 683. The first kappa shape index (κ1) is 17.1. The molecule has 9 heteroatoms. The maximum atomic E-state index is 12.2. The number of carbonyl (C=O) groups is 1. The van der Waals surface area contributed by atoms with Crippen molar-refractivity contribution in [3.63, 3.8) is 0 Å². The number of hydrogen-bond donors (Lipinski definition) is 2. The minimum absolute atomic E-state index is 0.0210. The van der Waals surface area contributed by atoms with Crippen molar-refractivity contribution in [2.45, 2.75) is 38.1 Å². The third kappa shape index (κ3) is 3.76. The van der Waals surface area contributed by atoms with E-state index in [1.54, 1.807) is 13.8 Å². The Morgan fingerprint density at radius 2 is 1.90 bits per heavy atom. The van der Waals surface area contributed by atoms with Gasteiger partial charge in [-0.05, 0) is 37.5 Å². The monoisotopic (exact) mass is 316 g/mol. The molecule has 1 aromatic rings. The van der Waals surface area contributed by atoms with Gasteiger partial charge in [0.1, 0.15) is 6.04 Å². The van der Waals surface area contributed by atoms with Crippen LogP contribution in [0.15, 0.2) is 17.0 Å². The lowest BCUT2D eigenvalue weighted by Crippen LogP contribution is -2.40. The van der Waals surface area contributed by atoms with Gasteiger partial charge in [-0.15, -0.1) is 0 Å². The van der Waals surface area contributed by atoms with Crippen molar-refractivity contribution < 1.29 is 23.2 Å². The van der Waals surface area contributed by atoms with Gasteiger partial charge >= 0.3 is 5.97 Å². The van der Waals surface area contributed by atoms with E-state index in [4.69, 9.17) is 5.11 Å². The van der Waals surface area contributed by atoms with E-state index in [1.807, 2.05) is 4.72 Å². The van der Waals surface area contributed by atoms with Crippen molar-refractivity contribution in [2.75, 3.05) is 0 Å². The Hall–Kier alpha value is -2.00. The van der Waals surface area contributed by atoms with Crippen molar-refractivity contribution in [1.29, 1.82) is 0 Å². The molecule has 0 fully saturated rings. The summed E-state index contributed by atoms with van der Waals surface area (Å²) in [6.07, 6.45) is 0.0210. The number of aryl methyl sites for hydroxylation is 2. The van der Waals surface area contributed by atoms with Gasteiger partial charge < -0.3 is 5.11 Å². The number of sulfonamides is 1. The van der Waals surface area contributed by atoms with Crippen LogP contribution in [-0.2, 0) is 14.8 Å². The van der Waals surface area contributed by atoms with Gasteiger partial charge in [-0.25, -0.2) is 8.42 Å². The summed E-state index contributed by atoms with van der Waals surface area (Å²) in [5, 5.41) is 19.9. The second-order valence-electron chi connectivity index (χ2n) is 4.58. The van der Waals surface area contributed by atoms with E-state index >= 15 is 0 Å². The molecule has 0 aliphatic heterocycles. The number of nitro benzene ring substituents is 1. The van der Waals surface area contributed by atoms with Gasteiger partial charge in [0.15, 0.2) is 4.90 Å². The molecule has 0 aliphatic carbocycles. The topological polar surface area (TPSA) is 127 Å². The maximum absolute atomic E-state index is 12.2. The first-order chi connectivity index (χ1) is 9.60. The SMILES string of the molecule is CC[C@@H](NS(=O)(=O)c1cc(C)c(C)cc1[N+](=O)[O-])C(=O)O. The highest BCUT2D eigenvalue weighted by Gasteiger charge is 2.30. The average Bonchev–Trinajstić information content (AvgIpc) is 2.37. The molecule has 0 unspecified atom stereocenters. The van der Waals surface area contributed by atoms with Crippen LogP contribution in [0.5, 0.6) is 0 Å². The number of hydrogen-bond acceptors (Lipinski definition) is 5. The van der Waals surface area contributed by atoms with Crippen LogP contribution < -0.4 is 4.72 Å². The molecule has 0 saturated carbocycles. The number of benzene rings is 1. The molecule has 1 aromatic carbocycles. The van der Waals surface area contributed by atoms with Gasteiger partial charge in [0.05, 0.1) is 4.92 Å². The van der Waals surface area contributed by atoms with E-state index in [0.29, 0.717) is 11.1 Å². The van der Waals surface area contributed by atoms with Crippen molar-refractivity contribution in [2.24, 2.45) is 0 Å². The van der Waals surface area contributed by atoms with Gasteiger partial charge in [-0.2, -0.15) is 4.72 Å². The quantitative estimate of drug-likeness (QED) is 0.602. The fourth-order valence-corrected chi connectivity index (χ4v) is 3.20. The minimum Gasteiger partial charge on any atom is -0.480 e. The molecule has 0 spiro atoms. The van der Waals surface area contributed by atoms with E-state index in [0.717, 1.165) is 6.07 Å². The van der Waals surface area contributed by atoms with E-state index in [1.165, 1.54) is 13.0 Å². The third-order valence-corrected chi connectivity index (χ3v) is 4.57. The lowest BCUT2D eigenvalue weighted by molar-refractivity contribution is -0.387. The Morgan fingerprint density at radius 3 is 2.33 bits per heavy atom.